The van der Waals surface area contributed by atoms with E-state index >= 15 is 0 Å². The van der Waals surface area contributed by atoms with Crippen LogP contribution in [0.5, 0.6) is 0 Å². The van der Waals surface area contributed by atoms with Crippen molar-refractivity contribution in [2.75, 3.05) is 13.1 Å². The highest BCUT2D eigenvalue weighted by atomic mass is 16.2. The van der Waals surface area contributed by atoms with Gasteiger partial charge in [-0.05, 0) is 25.0 Å². The van der Waals surface area contributed by atoms with Crippen LogP contribution in [0.3, 0.4) is 0 Å². The van der Waals surface area contributed by atoms with E-state index in [9.17, 15) is 9.59 Å². The summed E-state index contributed by atoms with van der Waals surface area (Å²) in [6.07, 6.45) is 3.08. The van der Waals surface area contributed by atoms with Gasteiger partial charge in [-0.25, -0.2) is 4.68 Å². The Labute approximate surface area is 135 Å². The average molecular weight is 314 g/mol. The predicted molar refractivity (Wildman–Crippen MR) is 88.6 cm³/mol. The number of carbonyl (C=O) groups excluding carboxylic acids is 2. The molecule has 0 aliphatic rings. The molecule has 0 saturated carbocycles. The van der Waals surface area contributed by atoms with Crippen molar-refractivity contribution in [2.24, 2.45) is 0 Å². The van der Waals surface area contributed by atoms with Crippen molar-refractivity contribution < 1.29 is 9.59 Å². The fourth-order valence-electron chi connectivity index (χ4n) is 2.28. The molecule has 23 heavy (non-hydrogen) atoms. The van der Waals surface area contributed by atoms with E-state index in [0.29, 0.717) is 18.5 Å². The Kier molecular flexibility index (Phi) is 5.91. The molecule has 1 aromatic heterocycles. The smallest absolute Gasteiger partial charge is 0.255 e. The molecule has 2 aromatic rings. The van der Waals surface area contributed by atoms with Gasteiger partial charge in [-0.3, -0.25) is 9.59 Å². The lowest BCUT2D eigenvalue weighted by Crippen LogP contribution is -2.37. The molecule has 2 rings (SSSR count). The molecule has 0 saturated heterocycles. The molecule has 1 aromatic carbocycles. The maximum Gasteiger partial charge on any atom is 0.255 e. The van der Waals surface area contributed by atoms with Crippen LogP contribution in [0.25, 0.3) is 5.69 Å². The summed E-state index contributed by atoms with van der Waals surface area (Å²) in [7, 11) is 0. The summed E-state index contributed by atoms with van der Waals surface area (Å²) in [5.41, 5.74) is 2.23. The number of amides is 2. The van der Waals surface area contributed by atoms with Crippen LogP contribution in [0, 0.1) is 0 Å². The third-order valence-corrected chi connectivity index (χ3v) is 3.43. The molecule has 1 heterocycles. The van der Waals surface area contributed by atoms with E-state index in [0.717, 1.165) is 17.8 Å². The van der Waals surface area contributed by atoms with Crippen molar-refractivity contribution in [2.45, 2.75) is 26.7 Å². The minimum atomic E-state index is -0.282. The maximum absolute atomic E-state index is 12.3. The number of benzene rings is 1. The highest BCUT2D eigenvalue weighted by molar-refractivity contribution is 5.97. The minimum absolute atomic E-state index is 0.0293. The van der Waals surface area contributed by atoms with Crippen molar-refractivity contribution in [3.05, 3.63) is 47.8 Å². The molecular weight excluding hydrogens is 292 g/mol. The molecular formula is C17H22N4O2. The van der Waals surface area contributed by atoms with Gasteiger partial charge in [0.25, 0.3) is 5.91 Å². The number of para-hydroxylation sites is 1. The van der Waals surface area contributed by atoms with Crippen LogP contribution in [0.4, 0.5) is 0 Å². The highest BCUT2D eigenvalue weighted by Crippen LogP contribution is 2.15. The molecule has 6 nitrogen and oxygen atoms in total. The normalized spacial score (nSPS) is 10.3. The van der Waals surface area contributed by atoms with Gasteiger partial charge in [-0.1, -0.05) is 32.0 Å². The fourth-order valence-corrected chi connectivity index (χ4v) is 2.28. The van der Waals surface area contributed by atoms with E-state index < -0.39 is 0 Å². The van der Waals surface area contributed by atoms with E-state index in [2.05, 4.69) is 15.7 Å². The van der Waals surface area contributed by atoms with E-state index in [1.54, 1.807) is 10.9 Å². The van der Waals surface area contributed by atoms with Crippen molar-refractivity contribution in [1.29, 1.82) is 0 Å². The van der Waals surface area contributed by atoms with Crippen molar-refractivity contribution in [1.82, 2.24) is 20.4 Å². The summed E-state index contributed by atoms with van der Waals surface area (Å²) >= 11 is 0. The molecule has 122 valence electrons. The van der Waals surface area contributed by atoms with Crippen LogP contribution in [0.2, 0.25) is 0 Å². The van der Waals surface area contributed by atoms with Crippen molar-refractivity contribution in [3.8, 4) is 5.69 Å². The number of hydrogen-bond donors (Lipinski definition) is 2. The third kappa shape index (κ3) is 4.18. The van der Waals surface area contributed by atoms with E-state index in [-0.39, 0.29) is 18.4 Å². The molecule has 6 heteroatoms. The molecule has 0 fully saturated rings. The maximum atomic E-state index is 12.3. The summed E-state index contributed by atoms with van der Waals surface area (Å²) in [6, 6.07) is 9.65. The van der Waals surface area contributed by atoms with Crippen LogP contribution in [-0.4, -0.2) is 34.7 Å². The van der Waals surface area contributed by atoms with Crippen molar-refractivity contribution >= 4 is 11.8 Å². The third-order valence-electron chi connectivity index (χ3n) is 3.43. The van der Waals surface area contributed by atoms with E-state index in [1.807, 2.05) is 44.2 Å². The van der Waals surface area contributed by atoms with Gasteiger partial charge in [-0.15, -0.1) is 0 Å². The van der Waals surface area contributed by atoms with Gasteiger partial charge in [0.15, 0.2) is 0 Å². The first-order valence-electron chi connectivity index (χ1n) is 7.84. The second-order valence-electron chi connectivity index (χ2n) is 5.14. The molecule has 2 amide bonds. The number of aromatic nitrogens is 2. The Bertz CT molecular complexity index is 664. The van der Waals surface area contributed by atoms with Crippen LogP contribution in [-0.2, 0) is 11.2 Å². The first-order chi connectivity index (χ1) is 11.2. The average Bonchev–Trinajstić information content (AvgIpc) is 3.02. The molecule has 0 radical (unpaired) electrons. The first kappa shape index (κ1) is 16.7. The molecule has 0 atom stereocenters. The number of rotatable bonds is 7. The lowest BCUT2D eigenvalue weighted by atomic mass is 10.2. The monoisotopic (exact) mass is 314 g/mol. The van der Waals surface area contributed by atoms with E-state index in [1.165, 1.54) is 0 Å². The first-order valence-corrected chi connectivity index (χ1v) is 7.84. The Morgan fingerprint density at radius 2 is 1.87 bits per heavy atom. The Balaban J connectivity index is 2.09. The molecule has 0 aliphatic carbocycles. The van der Waals surface area contributed by atoms with Crippen LogP contribution >= 0.6 is 0 Å². The zero-order valence-electron chi connectivity index (χ0n) is 13.5. The van der Waals surface area contributed by atoms with Gasteiger partial charge in [0.1, 0.15) is 0 Å². The second kappa shape index (κ2) is 8.12. The van der Waals surface area contributed by atoms with Gasteiger partial charge >= 0.3 is 0 Å². The Morgan fingerprint density at radius 3 is 2.52 bits per heavy atom. The lowest BCUT2D eigenvalue weighted by molar-refractivity contribution is -0.120. The van der Waals surface area contributed by atoms with Crippen LogP contribution in [0.15, 0.2) is 36.5 Å². The van der Waals surface area contributed by atoms with E-state index in [4.69, 9.17) is 0 Å². The zero-order valence-corrected chi connectivity index (χ0v) is 13.5. The molecule has 0 unspecified atom stereocenters. The van der Waals surface area contributed by atoms with Gasteiger partial charge in [-0.2, -0.15) is 5.10 Å². The summed E-state index contributed by atoms with van der Waals surface area (Å²) in [4.78, 5) is 23.9. The highest BCUT2D eigenvalue weighted by Gasteiger charge is 2.17. The van der Waals surface area contributed by atoms with Gasteiger partial charge in [0, 0.05) is 6.54 Å². The van der Waals surface area contributed by atoms with Crippen LogP contribution < -0.4 is 10.6 Å². The van der Waals surface area contributed by atoms with Gasteiger partial charge < -0.3 is 10.6 Å². The van der Waals surface area contributed by atoms with Crippen LogP contribution in [0.1, 0.15) is 36.3 Å². The summed E-state index contributed by atoms with van der Waals surface area (Å²) in [5, 5.41) is 9.68. The second-order valence-corrected chi connectivity index (χ2v) is 5.14. The number of nitrogens with one attached hydrogen (secondary N) is 2. The number of carbonyl (C=O) groups is 2. The van der Waals surface area contributed by atoms with Gasteiger partial charge in [0.05, 0.1) is 29.7 Å². The molecule has 0 aliphatic heterocycles. The standard InChI is InChI=1S/C17H22N4O2/c1-3-10-18-16(22)12-19-17(23)14-11-20-21(15(14)4-2)13-8-6-5-7-9-13/h5-9,11H,3-4,10,12H2,1-2H3,(H,18,22)(H,19,23). The largest absolute Gasteiger partial charge is 0.355 e. The SMILES string of the molecule is CCCNC(=O)CNC(=O)c1cnn(-c2ccccc2)c1CC. The molecule has 0 spiro atoms. The summed E-state index contributed by atoms with van der Waals surface area (Å²) in [5.74, 6) is -0.468. The minimum Gasteiger partial charge on any atom is -0.355 e. The predicted octanol–water partition coefficient (Wildman–Crippen LogP) is 1.69. The summed E-state index contributed by atoms with van der Waals surface area (Å²) in [6.45, 7) is 4.53. The Hall–Kier alpha value is -2.63. The number of hydrogen-bond acceptors (Lipinski definition) is 3. The molecule has 0 bridgehead atoms. The van der Waals surface area contributed by atoms with Gasteiger partial charge in [0.2, 0.25) is 5.91 Å². The quantitative estimate of drug-likeness (QED) is 0.816. The summed E-state index contributed by atoms with van der Waals surface area (Å²) < 4.78 is 1.76. The lowest BCUT2D eigenvalue weighted by Gasteiger charge is -2.08. The fraction of sp³-hybridized carbons (Fsp3) is 0.353. The number of nitrogens with zero attached hydrogens (tertiary/aromatic N) is 2. The zero-order chi connectivity index (χ0) is 16.7. The molecule has 2 N–H and O–H groups in total. The van der Waals surface area contributed by atoms with Crippen molar-refractivity contribution in [3.63, 3.8) is 0 Å². The Morgan fingerprint density at radius 1 is 1.13 bits per heavy atom. The topological polar surface area (TPSA) is 76.0 Å².